The third-order valence-corrected chi connectivity index (χ3v) is 5.45. The number of rotatable bonds is 3. The summed E-state index contributed by atoms with van der Waals surface area (Å²) in [6, 6.07) is 5.89. The molecule has 0 N–H and O–H groups in total. The molecule has 1 aromatic carbocycles. The van der Waals surface area contributed by atoms with Gasteiger partial charge in [-0.1, -0.05) is 12.1 Å². The molecule has 0 spiro atoms. The normalized spacial score (nSPS) is 24.2. The van der Waals surface area contributed by atoms with Gasteiger partial charge in [0.25, 0.3) is 0 Å². The van der Waals surface area contributed by atoms with Crippen LogP contribution in [0.15, 0.2) is 18.2 Å². The van der Waals surface area contributed by atoms with Crippen LogP contribution in [0, 0.1) is 0 Å². The third-order valence-electron chi connectivity index (χ3n) is 5.45. The Morgan fingerprint density at radius 2 is 1.92 bits per heavy atom. The van der Waals surface area contributed by atoms with Gasteiger partial charge in [0.2, 0.25) is 0 Å². The molecule has 1 atom stereocenters. The van der Waals surface area contributed by atoms with Gasteiger partial charge in [0.05, 0.1) is 17.8 Å². The maximum absolute atomic E-state index is 12.1. The third kappa shape index (κ3) is 2.72. The van der Waals surface area contributed by atoms with E-state index in [1.54, 1.807) is 0 Å². The SMILES string of the molecule is CCOC(=O)C1Cc2cc(B3OC(C)(C)C(C)(C)O3)ccc2N1C. The van der Waals surface area contributed by atoms with Crippen molar-refractivity contribution in [3.05, 3.63) is 23.8 Å². The highest BCUT2D eigenvalue weighted by Crippen LogP contribution is 2.37. The predicted octanol–water partition coefficient (Wildman–Crippen LogP) is 1.91. The Labute approximate surface area is 144 Å². The standard InChI is InChI=1S/C18H26BNO4/c1-7-22-16(21)15-11-12-10-13(8-9-14(12)20(15)6)19-23-17(2,3)18(4,5)24-19/h8-10,15H,7,11H2,1-6H3. The van der Waals surface area contributed by atoms with Crippen LogP contribution in [0.3, 0.4) is 0 Å². The minimum Gasteiger partial charge on any atom is -0.464 e. The Hall–Kier alpha value is -1.53. The topological polar surface area (TPSA) is 48.0 Å². The van der Waals surface area contributed by atoms with Gasteiger partial charge in [-0.2, -0.15) is 0 Å². The summed E-state index contributed by atoms with van der Waals surface area (Å²) in [5.74, 6) is -0.173. The summed E-state index contributed by atoms with van der Waals surface area (Å²) in [5.41, 5.74) is 2.46. The van der Waals surface area contributed by atoms with E-state index < -0.39 is 0 Å². The molecule has 2 aliphatic heterocycles. The molecule has 2 aliphatic rings. The number of hydrogen-bond acceptors (Lipinski definition) is 5. The van der Waals surface area contributed by atoms with Crippen molar-refractivity contribution in [2.75, 3.05) is 18.6 Å². The maximum Gasteiger partial charge on any atom is 0.494 e. The summed E-state index contributed by atoms with van der Waals surface area (Å²) >= 11 is 0. The minimum atomic E-state index is -0.382. The van der Waals surface area contributed by atoms with Crippen molar-refractivity contribution in [2.45, 2.75) is 58.3 Å². The summed E-state index contributed by atoms with van der Waals surface area (Å²) in [4.78, 5) is 14.1. The largest absolute Gasteiger partial charge is 0.494 e. The van der Waals surface area contributed by atoms with Crippen LogP contribution in [0.25, 0.3) is 0 Å². The van der Waals surface area contributed by atoms with E-state index >= 15 is 0 Å². The predicted molar refractivity (Wildman–Crippen MR) is 94.7 cm³/mol. The molecule has 1 saturated heterocycles. The van der Waals surface area contributed by atoms with Crippen molar-refractivity contribution in [1.29, 1.82) is 0 Å². The number of ether oxygens (including phenoxy) is 1. The summed E-state index contributed by atoms with van der Waals surface area (Å²) < 4.78 is 17.4. The highest BCUT2D eigenvalue weighted by atomic mass is 16.7. The molecule has 0 amide bonds. The number of nitrogens with zero attached hydrogens (tertiary/aromatic N) is 1. The zero-order valence-electron chi connectivity index (χ0n) is 15.4. The molecule has 24 heavy (non-hydrogen) atoms. The Balaban J connectivity index is 1.83. The number of likely N-dealkylation sites (N-methyl/N-ethyl adjacent to an activating group) is 1. The number of anilines is 1. The summed E-state index contributed by atoms with van der Waals surface area (Å²) in [7, 11) is 1.55. The second-order valence-corrected chi connectivity index (χ2v) is 7.56. The molecule has 0 aliphatic carbocycles. The summed E-state index contributed by atoms with van der Waals surface area (Å²) in [6.45, 7) is 10.4. The van der Waals surface area contributed by atoms with Crippen molar-refractivity contribution >= 4 is 24.2 Å². The summed E-state index contributed by atoms with van der Waals surface area (Å²) in [5, 5.41) is 0. The van der Waals surface area contributed by atoms with Gasteiger partial charge in [-0.15, -0.1) is 0 Å². The van der Waals surface area contributed by atoms with Crippen LogP contribution in [-0.4, -0.2) is 44.0 Å². The fourth-order valence-electron chi connectivity index (χ4n) is 3.23. The molecular formula is C18H26BNO4. The molecule has 5 nitrogen and oxygen atoms in total. The van der Waals surface area contributed by atoms with Crippen LogP contribution in [0.4, 0.5) is 5.69 Å². The number of hydrogen-bond donors (Lipinski definition) is 0. The van der Waals surface area contributed by atoms with E-state index in [4.69, 9.17) is 14.0 Å². The van der Waals surface area contributed by atoms with Gasteiger partial charge in [0.1, 0.15) is 6.04 Å². The molecule has 1 fully saturated rings. The second-order valence-electron chi connectivity index (χ2n) is 7.56. The van der Waals surface area contributed by atoms with E-state index in [0.717, 1.165) is 16.7 Å². The van der Waals surface area contributed by atoms with Gasteiger partial charge in [-0.3, -0.25) is 0 Å². The van der Waals surface area contributed by atoms with E-state index in [1.807, 2.05) is 58.7 Å². The zero-order chi connectivity index (χ0) is 17.7. The Morgan fingerprint density at radius 1 is 1.29 bits per heavy atom. The van der Waals surface area contributed by atoms with E-state index in [-0.39, 0.29) is 30.3 Å². The lowest BCUT2D eigenvalue weighted by atomic mass is 9.78. The van der Waals surface area contributed by atoms with E-state index in [2.05, 4.69) is 6.07 Å². The first-order valence-electron chi connectivity index (χ1n) is 8.54. The molecule has 0 bridgehead atoms. The highest BCUT2D eigenvalue weighted by molar-refractivity contribution is 6.62. The van der Waals surface area contributed by atoms with Gasteiger partial charge < -0.3 is 18.9 Å². The van der Waals surface area contributed by atoms with E-state index in [0.29, 0.717) is 13.0 Å². The molecule has 2 heterocycles. The van der Waals surface area contributed by atoms with E-state index in [1.165, 1.54) is 0 Å². The molecule has 6 heteroatoms. The van der Waals surface area contributed by atoms with Crippen LogP contribution >= 0.6 is 0 Å². The van der Waals surface area contributed by atoms with Crippen molar-refractivity contribution in [1.82, 2.24) is 0 Å². The molecule has 0 aromatic heterocycles. The first-order valence-corrected chi connectivity index (χ1v) is 8.54. The molecule has 1 aromatic rings. The number of esters is 1. The number of benzene rings is 1. The lowest BCUT2D eigenvalue weighted by Gasteiger charge is -2.32. The van der Waals surface area contributed by atoms with Crippen LogP contribution in [0.2, 0.25) is 0 Å². The van der Waals surface area contributed by atoms with Crippen molar-refractivity contribution < 1.29 is 18.8 Å². The molecular weight excluding hydrogens is 305 g/mol. The van der Waals surface area contributed by atoms with Crippen LogP contribution in [0.1, 0.15) is 40.2 Å². The van der Waals surface area contributed by atoms with Crippen molar-refractivity contribution in [3.8, 4) is 0 Å². The number of fused-ring (bicyclic) bond motifs is 1. The number of carbonyl (C=O) groups excluding carboxylic acids is 1. The van der Waals surface area contributed by atoms with Gasteiger partial charge in [-0.05, 0) is 51.7 Å². The lowest BCUT2D eigenvalue weighted by molar-refractivity contribution is -0.144. The number of carbonyl (C=O) groups is 1. The molecule has 1 unspecified atom stereocenters. The van der Waals surface area contributed by atoms with Crippen LogP contribution in [-0.2, 0) is 25.3 Å². The Morgan fingerprint density at radius 3 is 2.50 bits per heavy atom. The van der Waals surface area contributed by atoms with Gasteiger partial charge in [-0.25, -0.2) is 4.79 Å². The van der Waals surface area contributed by atoms with Gasteiger partial charge in [0.15, 0.2) is 0 Å². The molecule has 130 valence electrons. The fraction of sp³-hybridized carbons (Fsp3) is 0.611. The lowest BCUT2D eigenvalue weighted by Crippen LogP contribution is -2.41. The smallest absolute Gasteiger partial charge is 0.464 e. The molecule has 0 saturated carbocycles. The van der Waals surface area contributed by atoms with Crippen LogP contribution in [0.5, 0.6) is 0 Å². The van der Waals surface area contributed by atoms with Gasteiger partial charge >= 0.3 is 13.1 Å². The van der Waals surface area contributed by atoms with Crippen LogP contribution < -0.4 is 10.4 Å². The first kappa shape index (κ1) is 17.3. The highest BCUT2D eigenvalue weighted by Gasteiger charge is 2.52. The molecule has 3 rings (SSSR count). The van der Waals surface area contributed by atoms with E-state index in [9.17, 15) is 4.79 Å². The Kier molecular flexibility index (Phi) is 4.17. The monoisotopic (exact) mass is 331 g/mol. The quantitative estimate of drug-likeness (QED) is 0.625. The average Bonchev–Trinajstić information content (AvgIpc) is 2.93. The average molecular weight is 331 g/mol. The summed E-state index contributed by atoms with van der Waals surface area (Å²) in [6.07, 6.45) is 0.651. The van der Waals surface area contributed by atoms with Crippen molar-refractivity contribution in [2.24, 2.45) is 0 Å². The second kappa shape index (κ2) is 5.78. The maximum atomic E-state index is 12.1. The minimum absolute atomic E-state index is 0.173. The first-order chi connectivity index (χ1) is 11.2. The fourth-order valence-corrected chi connectivity index (χ4v) is 3.23. The Bertz CT molecular complexity index is 642. The molecule has 0 radical (unpaired) electrons. The van der Waals surface area contributed by atoms with Crippen molar-refractivity contribution in [3.63, 3.8) is 0 Å². The zero-order valence-corrected chi connectivity index (χ0v) is 15.4. The van der Waals surface area contributed by atoms with Gasteiger partial charge in [0, 0.05) is 19.2 Å².